The molecule has 4 aliphatic heterocycles. The molecule has 6 rings (SSSR count). The van der Waals surface area contributed by atoms with Gasteiger partial charge in [-0.1, -0.05) is 63.9 Å². The van der Waals surface area contributed by atoms with Crippen LogP contribution in [0, 0.1) is 13.8 Å². The van der Waals surface area contributed by atoms with Gasteiger partial charge in [0.05, 0.1) is 12.7 Å². The molecule has 320 valence electrons. The second-order valence-corrected chi connectivity index (χ2v) is 16.3. The Morgan fingerprint density at radius 2 is 1.50 bits per heavy atom. The number of aromatic hydroxyl groups is 1. The van der Waals surface area contributed by atoms with E-state index in [0.29, 0.717) is 69.3 Å². The van der Waals surface area contributed by atoms with Gasteiger partial charge < -0.3 is 44.2 Å². The summed E-state index contributed by atoms with van der Waals surface area (Å²) in [4.78, 5) is 61.1. The summed E-state index contributed by atoms with van der Waals surface area (Å²) >= 11 is 0. The van der Waals surface area contributed by atoms with Crippen molar-refractivity contribution in [2.75, 3.05) is 64.3 Å². The Balaban J connectivity index is 0.00000641. The summed E-state index contributed by atoms with van der Waals surface area (Å²) < 4.78 is 17.3. The van der Waals surface area contributed by atoms with E-state index in [0.717, 1.165) is 87.7 Å². The van der Waals surface area contributed by atoms with Crippen LogP contribution >= 0.6 is 0 Å². The number of phenolic OH excluding ortho intramolecular Hbond substituents is 1. The zero-order valence-electron chi connectivity index (χ0n) is 34.2. The number of fused-ring (bicyclic) bond motifs is 1. The number of carbonyl (C=O) groups excluding carboxylic acids is 4. The lowest BCUT2D eigenvalue weighted by Crippen LogP contribution is -2.53. The number of carbonyl (C=O) groups is 4. The normalized spacial score (nSPS) is 19.1. The number of rotatable bonds is 14. The number of piperidine rings is 3. The third-order valence-corrected chi connectivity index (χ3v) is 12.3. The largest absolute Gasteiger partial charge is 0.507 e. The van der Waals surface area contributed by atoms with E-state index in [4.69, 9.17) is 14.2 Å². The van der Waals surface area contributed by atoms with E-state index in [1.54, 1.807) is 4.90 Å². The van der Waals surface area contributed by atoms with Crippen LogP contribution in [0.4, 0.5) is 15.3 Å². The smallest absolute Gasteiger partial charge is 0.410 e. The van der Waals surface area contributed by atoms with Gasteiger partial charge in [-0.05, 0) is 93.5 Å². The molecule has 0 aliphatic carbocycles. The van der Waals surface area contributed by atoms with Crippen molar-refractivity contribution in [2.45, 2.75) is 130 Å². The molecule has 0 radical (unpaired) electrons. The van der Waals surface area contributed by atoms with E-state index in [1.165, 1.54) is 0 Å². The number of benzene rings is 2. The van der Waals surface area contributed by atoms with E-state index in [-0.39, 0.29) is 56.3 Å². The highest BCUT2D eigenvalue weighted by Crippen LogP contribution is 2.28. The summed E-state index contributed by atoms with van der Waals surface area (Å²) in [5.74, 6) is -0.275. The van der Waals surface area contributed by atoms with Crippen molar-refractivity contribution in [3.8, 4) is 5.75 Å². The van der Waals surface area contributed by atoms with E-state index in [2.05, 4.69) is 17.1 Å². The lowest BCUT2D eigenvalue weighted by molar-refractivity contribution is -0.152. The number of nitrogens with zero attached hydrogens (tertiary/aromatic N) is 4. The van der Waals surface area contributed by atoms with Gasteiger partial charge in [0, 0.05) is 70.0 Å². The number of esters is 1. The summed E-state index contributed by atoms with van der Waals surface area (Å²) in [6, 6.07) is 11.8. The maximum Gasteiger partial charge on any atom is 0.410 e. The summed E-state index contributed by atoms with van der Waals surface area (Å²) in [7, 11) is 0. The number of hydrogen-bond acceptors (Lipinski definition) is 9. The van der Waals surface area contributed by atoms with Crippen molar-refractivity contribution in [1.29, 1.82) is 0 Å². The molecular formula is C45H67N5O8. The predicted octanol–water partition coefficient (Wildman–Crippen LogP) is 6.84. The van der Waals surface area contributed by atoms with Crippen LogP contribution in [0.5, 0.6) is 5.75 Å². The van der Waals surface area contributed by atoms with Gasteiger partial charge in [0.2, 0.25) is 0 Å². The zero-order valence-corrected chi connectivity index (χ0v) is 34.2. The number of urea groups is 1. The Hall–Kier alpha value is -4.36. The number of hydrogen-bond donors (Lipinski definition) is 2. The van der Waals surface area contributed by atoms with E-state index in [1.807, 2.05) is 60.0 Å². The van der Waals surface area contributed by atoms with Crippen LogP contribution in [0.15, 0.2) is 36.4 Å². The topological polar surface area (TPSA) is 141 Å². The molecule has 0 saturated carbocycles. The van der Waals surface area contributed by atoms with Crippen LogP contribution in [0.3, 0.4) is 0 Å². The fourth-order valence-corrected chi connectivity index (χ4v) is 8.86. The summed E-state index contributed by atoms with van der Waals surface area (Å²) in [6.07, 6.45) is 8.32. The summed E-state index contributed by atoms with van der Waals surface area (Å²) in [5, 5.41) is 13.5. The predicted molar refractivity (Wildman–Crippen MR) is 224 cm³/mol. The molecule has 1 atom stereocenters. The second kappa shape index (κ2) is 21.6. The molecule has 0 bridgehead atoms. The summed E-state index contributed by atoms with van der Waals surface area (Å²) in [6.45, 7) is 10.6. The maximum absolute atomic E-state index is 14.2. The fraction of sp³-hybridized carbons (Fsp3) is 0.644. The third kappa shape index (κ3) is 11.9. The number of amides is 4. The number of ether oxygens (including phenoxy) is 3. The highest BCUT2D eigenvalue weighted by Gasteiger charge is 2.37. The highest BCUT2D eigenvalue weighted by atomic mass is 16.6. The van der Waals surface area contributed by atoms with Crippen molar-refractivity contribution in [1.82, 2.24) is 19.6 Å². The van der Waals surface area contributed by atoms with Gasteiger partial charge in [-0.2, -0.15) is 0 Å². The van der Waals surface area contributed by atoms with Crippen molar-refractivity contribution in [3.63, 3.8) is 0 Å². The minimum atomic E-state index is -1.01. The lowest BCUT2D eigenvalue weighted by atomic mass is 9.97. The molecule has 3 saturated heterocycles. The van der Waals surface area contributed by atoms with Crippen molar-refractivity contribution in [3.05, 3.63) is 58.7 Å². The molecular weight excluding hydrogens is 739 g/mol. The lowest BCUT2D eigenvalue weighted by Gasteiger charge is -2.42. The van der Waals surface area contributed by atoms with Crippen LogP contribution in [0.2, 0.25) is 0 Å². The number of nitrogens with one attached hydrogen (secondary N) is 1. The number of para-hydroxylation sites is 1. The van der Waals surface area contributed by atoms with Gasteiger partial charge in [-0.25, -0.2) is 14.4 Å². The standard InChI is InChI=1S/C44H63N5O8.CH4/c1-4-5-6-9-26-55-40(50)30-56-37-17-23-46(24-18-37)35-13-19-47(20-14-35)42(52)39(29-33-27-31(2)41(51)32(3)28-33)57-44(54)48-21-15-36(16-22-48)49-25-12-34-10-7-8-11-38(34)45-43(49)53;/h7-8,10-11,27-28,35-37,39,51H,4-6,9,12-26,29-30H2,1-3H3,(H,45,53);1H4/t39-;/m1./s1. The molecule has 3 fully saturated rings. The van der Waals surface area contributed by atoms with Crippen molar-refractivity contribution < 1.29 is 38.5 Å². The van der Waals surface area contributed by atoms with Gasteiger partial charge >= 0.3 is 18.1 Å². The maximum atomic E-state index is 14.2. The van der Waals surface area contributed by atoms with Crippen LogP contribution in [-0.4, -0.2) is 132 Å². The minimum Gasteiger partial charge on any atom is -0.507 e. The second-order valence-electron chi connectivity index (χ2n) is 16.3. The Morgan fingerprint density at radius 1 is 0.845 bits per heavy atom. The Bertz CT molecular complexity index is 1660. The first-order valence-electron chi connectivity index (χ1n) is 21.3. The first kappa shape index (κ1) is 44.7. The van der Waals surface area contributed by atoms with Gasteiger partial charge in [-0.3, -0.25) is 4.79 Å². The molecule has 58 heavy (non-hydrogen) atoms. The first-order valence-corrected chi connectivity index (χ1v) is 21.3. The molecule has 0 unspecified atom stereocenters. The molecule has 2 N–H and O–H groups in total. The molecule has 13 heteroatoms. The van der Waals surface area contributed by atoms with E-state index >= 15 is 0 Å². The quantitative estimate of drug-likeness (QED) is 0.155. The van der Waals surface area contributed by atoms with Gasteiger partial charge in [0.25, 0.3) is 5.91 Å². The Kier molecular flexibility index (Phi) is 16.7. The number of phenols is 1. The van der Waals surface area contributed by atoms with Crippen LogP contribution < -0.4 is 5.32 Å². The van der Waals surface area contributed by atoms with E-state index in [9.17, 15) is 24.3 Å². The highest BCUT2D eigenvalue weighted by molar-refractivity contribution is 5.91. The van der Waals surface area contributed by atoms with Gasteiger partial charge in [-0.15, -0.1) is 0 Å². The number of unbranched alkanes of at least 4 members (excludes halogenated alkanes) is 3. The summed E-state index contributed by atoms with van der Waals surface area (Å²) in [5.41, 5.74) is 4.20. The molecule has 4 aliphatic rings. The number of aryl methyl sites for hydroxylation is 2. The monoisotopic (exact) mass is 805 g/mol. The minimum absolute atomic E-state index is 0. The molecule has 0 spiro atoms. The molecule has 4 heterocycles. The SMILES string of the molecule is C.CCCCCCOC(=O)COC1CCN(C2CCN(C(=O)[C@@H](Cc3cc(C)c(O)c(C)c3)OC(=O)N3CCC(N4CCc5ccccc5NC4=O)CC3)CC2)CC1. The average molecular weight is 806 g/mol. The van der Waals surface area contributed by atoms with Crippen LogP contribution in [0.25, 0.3) is 0 Å². The van der Waals surface area contributed by atoms with E-state index < -0.39 is 12.2 Å². The molecule has 13 nitrogen and oxygen atoms in total. The number of anilines is 1. The molecule has 4 amide bonds. The van der Waals surface area contributed by atoms with Crippen LogP contribution in [0.1, 0.15) is 101 Å². The molecule has 2 aromatic carbocycles. The Morgan fingerprint density at radius 3 is 2.19 bits per heavy atom. The van der Waals surface area contributed by atoms with Crippen LogP contribution in [-0.2, 0) is 36.6 Å². The first-order chi connectivity index (χ1) is 27.6. The molecule has 2 aromatic rings. The zero-order chi connectivity index (χ0) is 40.3. The third-order valence-electron chi connectivity index (χ3n) is 12.3. The number of likely N-dealkylation sites (tertiary alicyclic amines) is 3. The van der Waals surface area contributed by atoms with Crippen molar-refractivity contribution >= 4 is 29.7 Å². The van der Waals surface area contributed by atoms with Gasteiger partial charge in [0.1, 0.15) is 12.4 Å². The fourth-order valence-electron chi connectivity index (χ4n) is 8.86. The van der Waals surface area contributed by atoms with Crippen molar-refractivity contribution in [2.24, 2.45) is 0 Å². The molecule has 0 aromatic heterocycles. The Labute approximate surface area is 345 Å². The average Bonchev–Trinajstić information content (AvgIpc) is 3.39. The van der Waals surface area contributed by atoms with Gasteiger partial charge in [0.15, 0.2) is 6.10 Å².